The summed E-state index contributed by atoms with van der Waals surface area (Å²) in [6.07, 6.45) is 0. The van der Waals surface area contributed by atoms with Crippen LogP contribution in [0.2, 0.25) is 0 Å². The Morgan fingerprint density at radius 1 is 0.909 bits per heavy atom. The Hall–Kier alpha value is -3.21. The first-order valence-corrected chi connectivity index (χ1v) is 6.81. The normalized spacial score (nSPS) is 11.1. The van der Waals surface area contributed by atoms with Gasteiger partial charge >= 0.3 is 5.97 Å². The fourth-order valence-electron chi connectivity index (χ4n) is 2.59. The summed E-state index contributed by atoms with van der Waals surface area (Å²) in [6, 6.07) is 18.6. The third-order valence-electron chi connectivity index (χ3n) is 3.67. The Labute approximate surface area is 125 Å². The van der Waals surface area contributed by atoms with Crippen LogP contribution in [0.4, 0.5) is 0 Å². The largest absolute Gasteiger partial charge is 0.478 e. The van der Waals surface area contributed by atoms with Gasteiger partial charge in [0.1, 0.15) is 0 Å². The Balaban J connectivity index is 1.98. The number of carboxylic acids is 1. The molecule has 0 unspecified atom stereocenters. The van der Waals surface area contributed by atoms with Gasteiger partial charge in [-0.2, -0.15) is 0 Å². The predicted molar refractivity (Wildman–Crippen MR) is 82.9 cm³/mol. The SMILES string of the molecule is O=C(O)c1ccc(-c2nnc3ccc4ccccc4n23)cc1. The molecule has 4 rings (SSSR count). The monoisotopic (exact) mass is 289 g/mol. The number of nitrogens with zero attached hydrogens (tertiary/aromatic N) is 3. The maximum absolute atomic E-state index is 11.0. The Morgan fingerprint density at radius 3 is 2.45 bits per heavy atom. The summed E-state index contributed by atoms with van der Waals surface area (Å²) in [6.45, 7) is 0. The lowest BCUT2D eigenvalue weighted by Crippen LogP contribution is -1.96. The predicted octanol–water partition coefficient (Wildman–Crippen LogP) is 3.25. The highest BCUT2D eigenvalue weighted by molar-refractivity contribution is 5.88. The van der Waals surface area contributed by atoms with Gasteiger partial charge in [-0.15, -0.1) is 10.2 Å². The number of fused-ring (bicyclic) bond motifs is 3. The molecule has 0 atom stereocenters. The number of pyridine rings is 1. The van der Waals surface area contributed by atoms with Gasteiger partial charge in [-0.1, -0.05) is 30.3 Å². The van der Waals surface area contributed by atoms with Crippen molar-refractivity contribution in [2.24, 2.45) is 0 Å². The number of benzene rings is 2. The van der Waals surface area contributed by atoms with E-state index in [-0.39, 0.29) is 5.56 Å². The van der Waals surface area contributed by atoms with Crippen LogP contribution in [0.5, 0.6) is 0 Å². The topological polar surface area (TPSA) is 67.5 Å². The number of aromatic nitrogens is 3. The molecular formula is C17H11N3O2. The van der Waals surface area contributed by atoms with Crippen molar-refractivity contribution in [3.63, 3.8) is 0 Å². The second-order valence-electron chi connectivity index (χ2n) is 4.99. The molecule has 5 nitrogen and oxygen atoms in total. The van der Waals surface area contributed by atoms with Gasteiger partial charge in [0.2, 0.25) is 0 Å². The lowest BCUT2D eigenvalue weighted by Gasteiger charge is -2.05. The molecule has 2 aromatic heterocycles. The zero-order valence-electron chi connectivity index (χ0n) is 11.5. The van der Waals surface area contributed by atoms with Crippen LogP contribution in [0.15, 0.2) is 60.7 Å². The van der Waals surface area contributed by atoms with Crippen molar-refractivity contribution in [2.75, 3.05) is 0 Å². The summed E-state index contributed by atoms with van der Waals surface area (Å²) in [4.78, 5) is 11.0. The van der Waals surface area contributed by atoms with Crippen molar-refractivity contribution in [3.05, 3.63) is 66.2 Å². The molecule has 0 spiro atoms. The van der Waals surface area contributed by atoms with E-state index in [1.165, 1.54) is 0 Å². The molecule has 0 aliphatic rings. The molecule has 0 amide bonds. The van der Waals surface area contributed by atoms with E-state index in [9.17, 15) is 4.79 Å². The molecule has 0 saturated heterocycles. The van der Waals surface area contributed by atoms with Crippen LogP contribution in [0.25, 0.3) is 27.9 Å². The van der Waals surface area contributed by atoms with Gasteiger partial charge in [0.15, 0.2) is 11.5 Å². The first-order valence-electron chi connectivity index (χ1n) is 6.81. The number of rotatable bonds is 2. The van der Waals surface area contributed by atoms with E-state index in [4.69, 9.17) is 5.11 Å². The minimum Gasteiger partial charge on any atom is -0.478 e. The number of hydrogen-bond donors (Lipinski definition) is 1. The quantitative estimate of drug-likeness (QED) is 0.615. The average molecular weight is 289 g/mol. The molecule has 22 heavy (non-hydrogen) atoms. The maximum atomic E-state index is 11.0. The summed E-state index contributed by atoms with van der Waals surface area (Å²) in [5, 5.41) is 18.5. The third-order valence-corrected chi connectivity index (χ3v) is 3.67. The second-order valence-corrected chi connectivity index (χ2v) is 4.99. The average Bonchev–Trinajstić information content (AvgIpc) is 2.99. The highest BCUT2D eigenvalue weighted by atomic mass is 16.4. The Morgan fingerprint density at radius 2 is 1.68 bits per heavy atom. The van der Waals surface area contributed by atoms with Gasteiger partial charge in [-0.05, 0) is 35.7 Å². The van der Waals surface area contributed by atoms with Crippen LogP contribution in [0.1, 0.15) is 10.4 Å². The summed E-state index contributed by atoms with van der Waals surface area (Å²) in [5.41, 5.74) is 2.86. The van der Waals surface area contributed by atoms with E-state index in [1.54, 1.807) is 24.3 Å². The molecule has 2 heterocycles. The van der Waals surface area contributed by atoms with E-state index in [0.717, 1.165) is 22.1 Å². The van der Waals surface area contributed by atoms with Gasteiger partial charge in [0.05, 0.1) is 11.1 Å². The van der Waals surface area contributed by atoms with Crippen LogP contribution in [0.3, 0.4) is 0 Å². The minimum absolute atomic E-state index is 0.252. The summed E-state index contributed by atoms with van der Waals surface area (Å²) in [5.74, 6) is -0.244. The van der Waals surface area contributed by atoms with Crippen LogP contribution in [-0.2, 0) is 0 Å². The highest BCUT2D eigenvalue weighted by Gasteiger charge is 2.11. The van der Waals surface area contributed by atoms with Crippen molar-refractivity contribution < 1.29 is 9.90 Å². The third kappa shape index (κ3) is 1.83. The lowest BCUT2D eigenvalue weighted by molar-refractivity contribution is 0.0697. The van der Waals surface area contributed by atoms with Gasteiger partial charge in [-0.3, -0.25) is 4.40 Å². The first kappa shape index (κ1) is 12.5. The van der Waals surface area contributed by atoms with Crippen LogP contribution in [0, 0.1) is 0 Å². The fourth-order valence-corrected chi connectivity index (χ4v) is 2.59. The number of carbonyl (C=O) groups is 1. The maximum Gasteiger partial charge on any atom is 0.335 e. The Bertz CT molecular complexity index is 1000. The molecule has 0 aliphatic carbocycles. The standard InChI is InChI=1S/C17H11N3O2/c21-17(22)13-7-5-12(6-8-13)16-19-18-15-10-9-11-3-1-2-4-14(11)20(15)16/h1-10H,(H,21,22). The minimum atomic E-state index is -0.942. The zero-order valence-corrected chi connectivity index (χ0v) is 11.5. The van der Waals surface area contributed by atoms with Crippen LogP contribution >= 0.6 is 0 Å². The molecule has 0 fully saturated rings. The fraction of sp³-hybridized carbons (Fsp3) is 0. The molecule has 0 radical (unpaired) electrons. The molecule has 2 aromatic carbocycles. The number of carboxylic acid groups (broad SMARTS) is 1. The highest BCUT2D eigenvalue weighted by Crippen LogP contribution is 2.24. The summed E-state index contributed by atoms with van der Waals surface area (Å²) in [7, 11) is 0. The number of aromatic carboxylic acids is 1. The van der Waals surface area contributed by atoms with E-state index in [0.29, 0.717) is 5.82 Å². The van der Waals surface area contributed by atoms with E-state index < -0.39 is 5.97 Å². The van der Waals surface area contributed by atoms with Gasteiger partial charge in [0.25, 0.3) is 0 Å². The van der Waals surface area contributed by atoms with Gasteiger partial charge < -0.3 is 5.11 Å². The smallest absolute Gasteiger partial charge is 0.335 e. The molecular weight excluding hydrogens is 278 g/mol. The van der Waals surface area contributed by atoms with Crippen molar-refractivity contribution >= 4 is 22.5 Å². The molecule has 0 aliphatic heterocycles. The van der Waals surface area contributed by atoms with Crippen molar-refractivity contribution in [1.82, 2.24) is 14.6 Å². The van der Waals surface area contributed by atoms with E-state index in [2.05, 4.69) is 10.2 Å². The molecule has 106 valence electrons. The van der Waals surface area contributed by atoms with Crippen molar-refractivity contribution in [3.8, 4) is 11.4 Å². The van der Waals surface area contributed by atoms with Gasteiger partial charge in [-0.25, -0.2) is 4.79 Å². The van der Waals surface area contributed by atoms with Crippen LogP contribution < -0.4 is 0 Å². The van der Waals surface area contributed by atoms with E-state index >= 15 is 0 Å². The number of hydrogen-bond acceptors (Lipinski definition) is 3. The summed E-state index contributed by atoms with van der Waals surface area (Å²) >= 11 is 0. The zero-order chi connectivity index (χ0) is 15.1. The van der Waals surface area contributed by atoms with Crippen molar-refractivity contribution in [1.29, 1.82) is 0 Å². The number of para-hydroxylation sites is 1. The molecule has 0 bridgehead atoms. The first-order chi connectivity index (χ1) is 10.7. The summed E-state index contributed by atoms with van der Waals surface area (Å²) < 4.78 is 1.98. The van der Waals surface area contributed by atoms with E-state index in [1.807, 2.05) is 40.8 Å². The Kier molecular flexibility index (Phi) is 2.66. The van der Waals surface area contributed by atoms with Gasteiger partial charge in [0, 0.05) is 5.56 Å². The molecule has 0 saturated carbocycles. The molecule has 4 aromatic rings. The van der Waals surface area contributed by atoms with Crippen LogP contribution in [-0.4, -0.2) is 25.7 Å². The molecule has 1 N–H and O–H groups in total. The second kappa shape index (κ2) is 4.66. The lowest BCUT2D eigenvalue weighted by atomic mass is 10.1. The molecule has 5 heteroatoms. The van der Waals surface area contributed by atoms with Crippen molar-refractivity contribution in [2.45, 2.75) is 0 Å².